The summed E-state index contributed by atoms with van der Waals surface area (Å²) in [6, 6.07) is 0.787. The van der Waals surface area contributed by atoms with E-state index in [9.17, 15) is 76.6 Å². The van der Waals surface area contributed by atoms with Gasteiger partial charge < -0.3 is 20.8 Å². The van der Waals surface area contributed by atoms with Crippen LogP contribution in [0.15, 0.2) is 42.5 Å². The fourth-order valence-corrected chi connectivity index (χ4v) is 10.1. The van der Waals surface area contributed by atoms with Crippen LogP contribution < -0.4 is 14.9 Å². The highest BCUT2D eigenvalue weighted by Crippen LogP contribution is 2.68. The smallest absolute Gasteiger partial charge is 0.435 e. The van der Waals surface area contributed by atoms with Crippen LogP contribution >= 0.6 is 11.6 Å². The molecule has 3 amide bonds. The SMILES string of the molecule is CC(C)(CCc1ccc(-c2ccc(Cl)c3c(N(C(=O)N[C@@H](CO)C(=O)O)S(C)(=O)=O)nn(CC(F)(F)F)c23)c([C@H](Cc2cc(F)cc(F)c2)NC(=O)Cn2nc(C(F)(F)F)c3c2C(F)(F)[C@@H]2CC32)n1)S(C)(=O)=O. The Balaban J connectivity index is 1.47. The molecule has 1 saturated carbocycles. The first-order chi connectivity index (χ1) is 33.5. The van der Waals surface area contributed by atoms with Gasteiger partial charge in [-0.05, 0) is 75.3 Å². The number of urea groups is 1. The van der Waals surface area contributed by atoms with Gasteiger partial charge in [-0.3, -0.25) is 19.1 Å². The zero-order chi connectivity index (χ0) is 54.3. The van der Waals surface area contributed by atoms with E-state index in [1.165, 1.54) is 26.0 Å². The number of fused-ring (bicyclic) bond motifs is 4. The summed E-state index contributed by atoms with van der Waals surface area (Å²) in [6.07, 6.45) is -10.4. The van der Waals surface area contributed by atoms with Crippen molar-refractivity contribution in [1.29, 1.82) is 0 Å². The van der Waals surface area contributed by atoms with Crippen molar-refractivity contribution in [3.63, 3.8) is 0 Å². The number of aryl methyl sites for hydroxylation is 1. The largest absolute Gasteiger partial charge is 0.480 e. The second-order valence-corrected chi connectivity index (χ2v) is 23.1. The number of alkyl halides is 8. The summed E-state index contributed by atoms with van der Waals surface area (Å²) in [7, 11) is -8.78. The summed E-state index contributed by atoms with van der Waals surface area (Å²) < 4.78 is 198. The fraction of sp³-hybridized carbons (Fsp3) is 0.442. The van der Waals surface area contributed by atoms with E-state index in [1.807, 2.05) is 0 Å². The average molecular weight is 1100 g/mol. The Hall–Kier alpha value is -6.07. The Labute approximate surface area is 412 Å². The minimum Gasteiger partial charge on any atom is -0.480 e. The number of amides is 3. The number of carbonyl (C=O) groups excluding carboxylic acids is 2. The van der Waals surface area contributed by atoms with Gasteiger partial charge in [-0.25, -0.2) is 35.2 Å². The van der Waals surface area contributed by atoms with Crippen LogP contribution in [0.4, 0.5) is 54.5 Å². The van der Waals surface area contributed by atoms with Crippen LogP contribution in [0, 0.1) is 17.6 Å². The lowest BCUT2D eigenvalue weighted by Crippen LogP contribution is -2.51. The molecule has 73 heavy (non-hydrogen) atoms. The lowest BCUT2D eigenvalue weighted by Gasteiger charge is -2.25. The highest BCUT2D eigenvalue weighted by atomic mass is 35.5. The van der Waals surface area contributed by atoms with E-state index in [1.54, 1.807) is 5.32 Å². The minimum absolute atomic E-state index is 0.00483. The first-order valence-corrected chi connectivity index (χ1v) is 25.6. The minimum atomic E-state index is -5.24. The van der Waals surface area contributed by atoms with Gasteiger partial charge in [0.2, 0.25) is 15.9 Å². The number of hydrogen-bond acceptors (Lipinski definition) is 11. The standard InChI is InChI=1S/C43H41ClF10N8O9S2/c1-40(2,72(3,68)69)10-9-22-5-6-23(24-7-8-27(44)32-34(24)61(18-41(47,48)49)59-37(32)62(73(4,70)71)39(67)57-29(17-63)38(65)66)33(55-22)28(13-19-11-20(45)14-21(46)12-19)56-30(64)16-60-36-31(35(58-60)43(52,53)54)25-15-26(25)42(36,50)51/h5-8,11-12,14,25-26,28-29,63H,9-10,13,15-18H2,1-4H3,(H,56,64)(H,57,67)(H,65,66)/t25?,26-,28+,29+/m1/s1. The van der Waals surface area contributed by atoms with Gasteiger partial charge >= 0.3 is 24.4 Å². The number of aliphatic hydroxyl groups is 1. The molecule has 0 radical (unpaired) electrons. The van der Waals surface area contributed by atoms with E-state index >= 15 is 8.78 Å². The Morgan fingerprint density at radius 3 is 2.12 bits per heavy atom. The topological polar surface area (TPSA) is 236 Å². The first-order valence-electron chi connectivity index (χ1n) is 21.4. The normalized spacial score (nSPS) is 17.5. The zero-order valence-corrected chi connectivity index (χ0v) is 40.6. The number of pyridine rings is 1. The second kappa shape index (κ2) is 19.0. The molecular weight excluding hydrogens is 1060 g/mol. The van der Waals surface area contributed by atoms with Gasteiger partial charge in [-0.2, -0.15) is 49.6 Å². The number of nitrogens with one attached hydrogen (secondary N) is 2. The van der Waals surface area contributed by atoms with Gasteiger partial charge in [0.15, 0.2) is 27.4 Å². The van der Waals surface area contributed by atoms with Crippen molar-refractivity contribution < 1.29 is 85.3 Å². The molecule has 0 bridgehead atoms. The molecule has 1 fully saturated rings. The Morgan fingerprint density at radius 1 is 0.932 bits per heavy atom. The number of sulfonamides is 1. The maximum Gasteiger partial charge on any atom is 0.435 e. The Kier molecular flexibility index (Phi) is 14.2. The van der Waals surface area contributed by atoms with E-state index in [0.717, 1.165) is 30.5 Å². The number of benzene rings is 2. The summed E-state index contributed by atoms with van der Waals surface area (Å²) in [6.45, 7) is -1.91. The number of hydrogen-bond donors (Lipinski definition) is 4. The van der Waals surface area contributed by atoms with Gasteiger partial charge in [-0.1, -0.05) is 23.7 Å². The summed E-state index contributed by atoms with van der Waals surface area (Å²) in [4.78, 5) is 44.1. The van der Waals surface area contributed by atoms with Crippen LogP contribution in [0.2, 0.25) is 5.02 Å². The lowest BCUT2D eigenvalue weighted by atomic mass is 9.93. The van der Waals surface area contributed by atoms with E-state index in [4.69, 9.17) is 11.6 Å². The second-order valence-electron chi connectivity index (χ2n) is 18.2. The van der Waals surface area contributed by atoms with Crippen LogP contribution in [0.1, 0.15) is 72.6 Å². The molecule has 17 nitrogen and oxygen atoms in total. The van der Waals surface area contributed by atoms with Gasteiger partial charge in [-0.15, -0.1) is 0 Å². The highest BCUT2D eigenvalue weighted by molar-refractivity contribution is 7.93. The van der Waals surface area contributed by atoms with Gasteiger partial charge in [0.1, 0.15) is 30.4 Å². The molecular formula is C43H41ClF10N8O9S2. The molecule has 3 aromatic heterocycles. The van der Waals surface area contributed by atoms with Gasteiger partial charge in [0.05, 0.1) is 45.3 Å². The summed E-state index contributed by atoms with van der Waals surface area (Å²) >= 11 is 6.57. The number of halogens is 11. The number of aromatic nitrogens is 5. The third-order valence-electron chi connectivity index (χ3n) is 12.4. The number of aliphatic hydroxyl groups excluding tert-OH is 1. The molecule has 0 aliphatic heterocycles. The zero-order valence-electron chi connectivity index (χ0n) is 38.2. The number of carboxylic acids is 1. The predicted molar refractivity (Wildman–Crippen MR) is 239 cm³/mol. The van der Waals surface area contributed by atoms with Crippen molar-refractivity contribution >= 4 is 66.1 Å². The number of nitrogens with zero attached hydrogens (tertiary/aromatic N) is 6. The molecule has 2 aliphatic rings. The van der Waals surface area contributed by atoms with Gasteiger partial charge in [0, 0.05) is 40.6 Å². The van der Waals surface area contributed by atoms with Crippen LogP contribution in [-0.2, 0) is 67.5 Å². The number of anilines is 1. The van der Waals surface area contributed by atoms with E-state index in [0.29, 0.717) is 12.3 Å². The summed E-state index contributed by atoms with van der Waals surface area (Å²) in [5.41, 5.74) is -5.75. The quantitative estimate of drug-likeness (QED) is 0.0705. The van der Waals surface area contributed by atoms with Crippen molar-refractivity contribution in [2.24, 2.45) is 5.92 Å². The summed E-state index contributed by atoms with van der Waals surface area (Å²) in [5.74, 6) is -13.2. The van der Waals surface area contributed by atoms with Gasteiger partial charge in [0.25, 0.3) is 5.92 Å². The summed E-state index contributed by atoms with van der Waals surface area (Å²) in [5, 5.41) is 29.0. The molecule has 0 spiro atoms. The molecule has 2 aliphatic carbocycles. The molecule has 7 rings (SSSR count). The van der Waals surface area contributed by atoms with Crippen molar-refractivity contribution in [2.45, 2.75) is 93.6 Å². The number of aliphatic carboxylic acids is 1. The number of carbonyl (C=O) groups is 3. The molecule has 1 unspecified atom stereocenters. The maximum atomic E-state index is 15.6. The van der Waals surface area contributed by atoms with Crippen LogP contribution in [0.3, 0.4) is 0 Å². The first kappa shape index (κ1) is 54.7. The Bertz CT molecular complexity index is 3270. The molecule has 4 N–H and O–H groups in total. The van der Waals surface area contributed by atoms with Crippen molar-refractivity contribution in [3.8, 4) is 11.1 Å². The lowest BCUT2D eigenvalue weighted by molar-refractivity contribution is -0.143. The molecule has 0 saturated heterocycles. The fourth-order valence-electron chi connectivity index (χ4n) is 8.62. The van der Waals surface area contributed by atoms with E-state index < -0.39 is 172 Å². The molecule has 30 heteroatoms. The van der Waals surface area contributed by atoms with E-state index in [-0.39, 0.29) is 49.8 Å². The monoisotopic (exact) mass is 1100 g/mol. The van der Waals surface area contributed by atoms with Crippen molar-refractivity contribution in [3.05, 3.63) is 93.0 Å². The molecule has 5 aromatic rings. The number of sulfone groups is 1. The third kappa shape index (κ3) is 11.1. The van der Waals surface area contributed by atoms with Crippen molar-refractivity contribution in [1.82, 2.24) is 35.2 Å². The Morgan fingerprint density at radius 2 is 1.56 bits per heavy atom. The molecule has 4 atom stereocenters. The molecule has 396 valence electrons. The number of carboxylic acid groups (broad SMARTS) is 1. The van der Waals surface area contributed by atoms with Crippen LogP contribution in [0.5, 0.6) is 0 Å². The van der Waals surface area contributed by atoms with E-state index in [2.05, 4.69) is 20.5 Å². The van der Waals surface area contributed by atoms with Crippen LogP contribution in [-0.4, -0.2) is 106 Å². The highest BCUT2D eigenvalue weighted by Gasteiger charge is 2.68. The molecule has 2 aromatic carbocycles. The maximum absolute atomic E-state index is 15.6. The average Bonchev–Trinajstić information content (AvgIpc) is 3.76. The molecule has 3 heterocycles. The predicted octanol–water partition coefficient (Wildman–Crippen LogP) is 6.79. The third-order valence-corrected chi connectivity index (χ3v) is 15.9. The van der Waals surface area contributed by atoms with Crippen molar-refractivity contribution in [2.75, 3.05) is 23.4 Å². The number of rotatable bonds is 17. The van der Waals surface area contributed by atoms with Crippen LogP contribution in [0.25, 0.3) is 22.0 Å².